The summed E-state index contributed by atoms with van der Waals surface area (Å²) in [5.41, 5.74) is 1.40. The van der Waals surface area contributed by atoms with Crippen molar-refractivity contribution in [3.63, 3.8) is 0 Å². The largest absolute Gasteiger partial charge is 0.396 e. The number of carbonyl (C=O) groups excluding carboxylic acids is 1. The number of hydrogen-bond acceptors (Lipinski definition) is 4. The first-order chi connectivity index (χ1) is 10.7. The van der Waals surface area contributed by atoms with Crippen molar-refractivity contribution in [1.82, 2.24) is 24.4 Å². The second kappa shape index (κ2) is 6.50. The van der Waals surface area contributed by atoms with Gasteiger partial charge in [-0.25, -0.2) is 4.52 Å². The quantitative estimate of drug-likeness (QED) is 0.822. The Hall–Kier alpha value is -1.86. The van der Waals surface area contributed by atoms with E-state index in [1.807, 2.05) is 24.0 Å². The van der Waals surface area contributed by atoms with Crippen molar-refractivity contribution in [2.75, 3.05) is 32.8 Å². The number of aliphatic hydroxyl groups is 1. The van der Waals surface area contributed by atoms with Crippen LogP contribution >= 0.6 is 0 Å². The highest BCUT2D eigenvalue weighted by atomic mass is 16.3. The molecular weight excluding hydrogens is 282 g/mol. The zero-order valence-corrected chi connectivity index (χ0v) is 12.9. The smallest absolute Gasteiger partial charge is 0.256 e. The van der Waals surface area contributed by atoms with Crippen molar-refractivity contribution in [1.29, 1.82) is 0 Å². The first-order valence-electron chi connectivity index (χ1n) is 7.79. The molecule has 2 aromatic rings. The van der Waals surface area contributed by atoms with Gasteiger partial charge in [-0.1, -0.05) is 0 Å². The number of aryl methyl sites for hydroxylation is 1. The van der Waals surface area contributed by atoms with E-state index in [0.29, 0.717) is 18.0 Å². The average Bonchev–Trinajstić information content (AvgIpc) is 3.11. The molecule has 0 spiro atoms. The fourth-order valence-corrected chi connectivity index (χ4v) is 3.14. The summed E-state index contributed by atoms with van der Waals surface area (Å²) >= 11 is 0. The van der Waals surface area contributed by atoms with Gasteiger partial charge < -0.3 is 19.9 Å². The Balaban J connectivity index is 1.53. The van der Waals surface area contributed by atoms with E-state index in [2.05, 4.69) is 15.3 Å². The van der Waals surface area contributed by atoms with Crippen LogP contribution in [0.25, 0.3) is 5.65 Å². The highest BCUT2D eigenvalue weighted by molar-refractivity contribution is 5.99. The average molecular weight is 305 g/mol. The fourth-order valence-electron chi connectivity index (χ4n) is 3.14. The summed E-state index contributed by atoms with van der Waals surface area (Å²) in [6, 6.07) is 0. The summed E-state index contributed by atoms with van der Waals surface area (Å²) in [5.74, 6) is 0.288. The third-order valence-electron chi connectivity index (χ3n) is 4.35. The van der Waals surface area contributed by atoms with E-state index in [-0.39, 0.29) is 12.5 Å². The molecule has 1 unspecified atom stereocenters. The fraction of sp³-hybridized carbons (Fsp3) is 0.600. The summed E-state index contributed by atoms with van der Waals surface area (Å²) in [5, 5.41) is 16.4. The lowest BCUT2D eigenvalue weighted by atomic mass is 9.99. The number of rotatable bonds is 5. The maximum absolute atomic E-state index is 12.3. The molecule has 0 bridgehead atoms. The summed E-state index contributed by atoms with van der Waals surface area (Å²) in [7, 11) is 1.90. The van der Waals surface area contributed by atoms with Gasteiger partial charge in [-0.05, 0) is 25.3 Å². The molecule has 120 valence electrons. The first kappa shape index (κ1) is 15.1. The number of fused-ring (bicyclic) bond motifs is 1. The molecule has 2 aromatic heterocycles. The number of amides is 1. The number of imidazole rings is 1. The third-order valence-corrected chi connectivity index (χ3v) is 4.35. The number of aliphatic hydroxyl groups excluding tert-OH is 1. The zero-order chi connectivity index (χ0) is 15.5. The zero-order valence-electron chi connectivity index (χ0n) is 12.9. The van der Waals surface area contributed by atoms with Crippen LogP contribution in [0.4, 0.5) is 0 Å². The van der Waals surface area contributed by atoms with E-state index in [1.165, 1.54) is 0 Å². The van der Waals surface area contributed by atoms with Gasteiger partial charge in [0.15, 0.2) is 0 Å². The van der Waals surface area contributed by atoms with Crippen LogP contribution in [0.2, 0.25) is 0 Å². The number of likely N-dealkylation sites (tertiary alicyclic amines) is 1. The highest BCUT2D eigenvalue weighted by Crippen LogP contribution is 2.15. The summed E-state index contributed by atoms with van der Waals surface area (Å²) in [4.78, 5) is 14.6. The number of nitrogens with one attached hydrogen (secondary N) is 1. The Labute approximate surface area is 129 Å². The van der Waals surface area contributed by atoms with Crippen LogP contribution in [0.1, 0.15) is 23.2 Å². The van der Waals surface area contributed by atoms with E-state index in [9.17, 15) is 9.90 Å². The SMILES string of the molecule is Cn1ccn2ncc(C(=O)NCCN3CCCC(CO)C3)c12. The van der Waals surface area contributed by atoms with Crippen molar-refractivity contribution in [3.8, 4) is 0 Å². The van der Waals surface area contributed by atoms with Crippen molar-refractivity contribution in [2.24, 2.45) is 13.0 Å². The van der Waals surface area contributed by atoms with Crippen LogP contribution in [-0.4, -0.2) is 62.9 Å². The molecule has 1 aliphatic heterocycles. The minimum absolute atomic E-state index is 0.0903. The predicted molar refractivity (Wildman–Crippen MR) is 82.7 cm³/mol. The van der Waals surface area contributed by atoms with Gasteiger partial charge >= 0.3 is 0 Å². The van der Waals surface area contributed by atoms with E-state index in [1.54, 1.807) is 10.7 Å². The Bertz CT molecular complexity index is 647. The monoisotopic (exact) mass is 305 g/mol. The van der Waals surface area contributed by atoms with Gasteiger partial charge in [0.05, 0.1) is 6.20 Å². The molecule has 0 aromatic carbocycles. The number of carbonyl (C=O) groups is 1. The van der Waals surface area contributed by atoms with Gasteiger partial charge in [0.25, 0.3) is 5.91 Å². The minimum atomic E-state index is -0.0903. The predicted octanol–water partition coefficient (Wildman–Crippen LogP) is 0.107. The van der Waals surface area contributed by atoms with E-state index in [4.69, 9.17) is 0 Å². The molecule has 1 fully saturated rings. The molecular formula is C15H23N5O2. The van der Waals surface area contributed by atoms with E-state index < -0.39 is 0 Å². The van der Waals surface area contributed by atoms with Crippen LogP contribution in [-0.2, 0) is 7.05 Å². The van der Waals surface area contributed by atoms with Gasteiger partial charge in [-0.2, -0.15) is 5.10 Å². The van der Waals surface area contributed by atoms with E-state index >= 15 is 0 Å². The minimum Gasteiger partial charge on any atom is -0.396 e. The molecule has 1 amide bonds. The summed E-state index contributed by atoms with van der Waals surface area (Å²) in [6.45, 7) is 3.65. The number of aromatic nitrogens is 3. The normalized spacial score (nSPS) is 19.6. The van der Waals surface area contributed by atoms with Crippen molar-refractivity contribution >= 4 is 11.6 Å². The standard InChI is InChI=1S/C15H23N5O2/c1-18-7-8-20-15(18)13(9-17-20)14(22)16-4-6-19-5-2-3-12(10-19)11-21/h7-9,12,21H,2-6,10-11H2,1H3,(H,16,22). The number of piperidine rings is 1. The molecule has 7 heteroatoms. The van der Waals surface area contributed by atoms with Gasteiger partial charge in [0, 0.05) is 45.7 Å². The lowest BCUT2D eigenvalue weighted by molar-refractivity contribution is 0.0932. The molecule has 0 saturated carbocycles. The summed E-state index contributed by atoms with van der Waals surface area (Å²) in [6.07, 6.45) is 7.53. The van der Waals surface area contributed by atoms with E-state index in [0.717, 1.165) is 38.1 Å². The highest BCUT2D eigenvalue weighted by Gasteiger charge is 2.19. The van der Waals surface area contributed by atoms with Crippen molar-refractivity contribution in [2.45, 2.75) is 12.8 Å². The van der Waals surface area contributed by atoms with Crippen LogP contribution in [0.3, 0.4) is 0 Å². The van der Waals surface area contributed by atoms with Gasteiger partial charge in [0.2, 0.25) is 0 Å². The molecule has 1 aliphatic rings. The molecule has 1 saturated heterocycles. The molecule has 0 aliphatic carbocycles. The Morgan fingerprint density at radius 1 is 1.50 bits per heavy atom. The van der Waals surface area contributed by atoms with Crippen LogP contribution in [0.5, 0.6) is 0 Å². The van der Waals surface area contributed by atoms with Crippen LogP contribution in [0, 0.1) is 5.92 Å². The van der Waals surface area contributed by atoms with Crippen LogP contribution in [0.15, 0.2) is 18.6 Å². The second-order valence-electron chi connectivity index (χ2n) is 5.98. The lowest BCUT2D eigenvalue weighted by Gasteiger charge is -2.31. The Morgan fingerprint density at radius 3 is 3.18 bits per heavy atom. The molecule has 7 nitrogen and oxygen atoms in total. The molecule has 3 heterocycles. The molecule has 2 N–H and O–H groups in total. The van der Waals surface area contributed by atoms with Gasteiger partial charge in [-0.3, -0.25) is 4.79 Å². The van der Waals surface area contributed by atoms with Gasteiger partial charge in [-0.15, -0.1) is 0 Å². The van der Waals surface area contributed by atoms with Gasteiger partial charge in [0.1, 0.15) is 11.2 Å². The molecule has 1 atom stereocenters. The number of hydrogen-bond donors (Lipinski definition) is 2. The summed E-state index contributed by atoms with van der Waals surface area (Å²) < 4.78 is 3.59. The second-order valence-corrected chi connectivity index (χ2v) is 5.98. The van der Waals surface area contributed by atoms with Crippen LogP contribution < -0.4 is 5.32 Å². The van der Waals surface area contributed by atoms with Crippen molar-refractivity contribution in [3.05, 3.63) is 24.2 Å². The van der Waals surface area contributed by atoms with Crippen molar-refractivity contribution < 1.29 is 9.90 Å². The Kier molecular flexibility index (Phi) is 4.44. The third kappa shape index (κ3) is 3.00. The first-order valence-corrected chi connectivity index (χ1v) is 7.79. The maximum Gasteiger partial charge on any atom is 0.256 e. The topological polar surface area (TPSA) is 74.8 Å². The molecule has 22 heavy (non-hydrogen) atoms. The maximum atomic E-state index is 12.3. The molecule has 3 rings (SSSR count). The number of nitrogens with zero attached hydrogens (tertiary/aromatic N) is 4. The lowest BCUT2D eigenvalue weighted by Crippen LogP contribution is -2.41. The Morgan fingerprint density at radius 2 is 2.36 bits per heavy atom. The molecule has 0 radical (unpaired) electrons.